The molecule has 1 aliphatic heterocycles. The number of nitrogens with zero attached hydrogens (tertiary/aromatic N) is 2. The maximum atomic E-state index is 12.3. The Bertz CT molecular complexity index is 922. The SMILES string of the molecule is CN1CCCC1CCOc1ccc2c(NC(=O)c3ccccc3)n[nH]c2c1. The van der Waals surface area contributed by atoms with E-state index in [2.05, 4.69) is 27.5 Å². The molecule has 1 amide bonds. The quantitative estimate of drug-likeness (QED) is 0.700. The van der Waals surface area contributed by atoms with Crippen molar-refractivity contribution >= 4 is 22.6 Å². The third-order valence-electron chi connectivity index (χ3n) is 5.19. The number of fused-ring (bicyclic) bond motifs is 1. The molecule has 0 radical (unpaired) electrons. The lowest BCUT2D eigenvalue weighted by molar-refractivity contribution is 0.102. The minimum Gasteiger partial charge on any atom is -0.493 e. The zero-order valence-electron chi connectivity index (χ0n) is 15.4. The number of aromatic amines is 1. The normalized spacial score (nSPS) is 17.3. The van der Waals surface area contributed by atoms with Gasteiger partial charge < -0.3 is 15.0 Å². The lowest BCUT2D eigenvalue weighted by Gasteiger charge is -2.19. The molecule has 1 saturated heterocycles. The zero-order chi connectivity index (χ0) is 18.6. The maximum Gasteiger partial charge on any atom is 0.256 e. The fraction of sp³-hybridized carbons (Fsp3) is 0.333. The predicted molar refractivity (Wildman–Crippen MR) is 106 cm³/mol. The van der Waals surface area contributed by atoms with Gasteiger partial charge in [-0.2, -0.15) is 5.10 Å². The summed E-state index contributed by atoms with van der Waals surface area (Å²) in [6, 6.07) is 15.5. The first-order valence-electron chi connectivity index (χ1n) is 9.38. The smallest absolute Gasteiger partial charge is 0.256 e. The molecule has 1 atom stereocenters. The summed E-state index contributed by atoms with van der Waals surface area (Å²) in [4.78, 5) is 14.7. The van der Waals surface area contributed by atoms with Crippen LogP contribution in [0.3, 0.4) is 0 Å². The molecule has 4 rings (SSSR count). The number of nitrogens with one attached hydrogen (secondary N) is 2. The van der Waals surface area contributed by atoms with Crippen molar-refractivity contribution in [2.45, 2.75) is 25.3 Å². The number of rotatable bonds is 6. The summed E-state index contributed by atoms with van der Waals surface area (Å²) < 4.78 is 5.92. The van der Waals surface area contributed by atoms with Crippen molar-refractivity contribution in [3.63, 3.8) is 0 Å². The van der Waals surface area contributed by atoms with Crippen LogP contribution in [0.2, 0.25) is 0 Å². The van der Waals surface area contributed by atoms with Crippen LogP contribution < -0.4 is 10.1 Å². The highest BCUT2D eigenvalue weighted by molar-refractivity contribution is 6.07. The number of benzene rings is 2. The minimum absolute atomic E-state index is 0.176. The molecule has 1 fully saturated rings. The molecular weight excluding hydrogens is 340 g/mol. The minimum atomic E-state index is -0.176. The number of aromatic nitrogens is 2. The van der Waals surface area contributed by atoms with Gasteiger partial charge in [-0.05, 0) is 57.1 Å². The van der Waals surface area contributed by atoms with Crippen molar-refractivity contribution in [1.29, 1.82) is 0 Å². The van der Waals surface area contributed by atoms with E-state index in [-0.39, 0.29) is 5.91 Å². The predicted octanol–water partition coefficient (Wildman–Crippen LogP) is 3.68. The van der Waals surface area contributed by atoms with Crippen LogP contribution in [0.25, 0.3) is 10.9 Å². The number of H-pyrrole nitrogens is 1. The lowest BCUT2D eigenvalue weighted by Crippen LogP contribution is -2.26. The van der Waals surface area contributed by atoms with Crippen LogP contribution in [-0.4, -0.2) is 47.2 Å². The second-order valence-electron chi connectivity index (χ2n) is 7.01. The first-order chi connectivity index (χ1) is 13.2. The number of hydrogen-bond donors (Lipinski definition) is 2. The van der Waals surface area contributed by atoms with Crippen LogP contribution >= 0.6 is 0 Å². The summed E-state index contributed by atoms with van der Waals surface area (Å²) in [5.74, 6) is 1.16. The van der Waals surface area contributed by atoms with Crippen LogP contribution in [0.4, 0.5) is 5.82 Å². The summed E-state index contributed by atoms with van der Waals surface area (Å²) in [5, 5.41) is 10.9. The molecule has 2 aromatic carbocycles. The molecule has 0 spiro atoms. The van der Waals surface area contributed by atoms with Crippen molar-refractivity contribution in [3.05, 3.63) is 54.1 Å². The molecule has 27 heavy (non-hydrogen) atoms. The number of amides is 1. The summed E-state index contributed by atoms with van der Waals surface area (Å²) in [5.41, 5.74) is 1.44. The van der Waals surface area contributed by atoms with Crippen LogP contribution in [0.15, 0.2) is 48.5 Å². The van der Waals surface area contributed by atoms with Crippen molar-refractivity contribution in [3.8, 4) is 5.75 Å². The summed E-state index contributed by atoms with van der Waals surface area (Å²) >= 11 is 0. The van der Waals surface area contributed by atoms with E-state index in [1.165, 1.54) is 19.4 Å². The molecule has 2 heterocycles. The molecule has 6 heteroatoms. The molecule has 1 aliphatic rings. The van der Waals surface area contributed by atoms with Gasteiger partial charge >= 0.3 is 0 Å². The number of ether oxygens (including phenoxy) is 1. The van der Waals surface area contributed by atoms with E-state index >= 15 is 0 Å². The highest BCUT2D eigenvalue weighted by Crippen LogP contribution is 2.26. The Morgan fingerprint density at radius 1 is 1.30 bits per heavy atom. The molecule has 1 unspecified atom stereocenters. The van der Waals surface area contributed by atoms with E-state index in [0.29, 0.717) is 24.0 Å². The molecule has 2 N–H and O–H groups in total. The highest BCUT2D eigenvalue weighted by atomic mass is 16.5. The largest absolute Gasteiger partial charge is 0.493 e. The van der Waals surface area contributed by atoms with Gasteiger partial charge in [0.15, 0.2) is 5.82 Å². The third-order valence-corrected chi connectivity index (χ3v) is 5.19. The fourth-order valence-electron chi connectivity index (χ4n) is 3.61. The summed E-state index contributed by atoms with van der Waals surface area (Å²) in [7, 11) is 2.18. The first kappa shape index (κ1) is 17.5. The molecule has 0 bridgehead atoms. The van der Waals surface area contributed by atoms with Crippen molar-refractivity contribution in [2.24, 2.45) is 0 Å². The average Bonchev–Trinajstić information content (AvgIpc) is 3.28. The van der Waals surface area contributed by atoms with Gasteiger partial charge in [0.1, 0.15) is 5.75 Å². The summed E-state index contributed by atoms with van der Waals surface area (Å²) in [6.45, 7) is 1.88. The molecule has 3 aromatic rings. The van der Waals surface area contributed by atoms with Gasteiger partial charge in [-0.15, -0.1) is 0 Å². The first-order valence-corrected chi connectivity index (χ1v) is 9.38. The Morgan fingerprint density at radius 2 is 2.15 bits per heavy atom. The molecule has 6 nitrogen and oxygen atoms in total. The van der Waals surface area contributed by atoms with Crippen molar-refractivity contribution in [1.82, 2.24) is 15.1 Å². The monoisotopic (exact) mass is 364 g/mol. The van der Waals surface area contributed by atoms with Crippen LogP contribution in [0.1, 0.15) is 29.6 Å². The van der Waals surface area contributed by atoms with E-state index < -0.39 is 0 Å². The molecule has 1 aromatic heterocycles. The number of anilines is 1. The van der Waals surface area contributed by atoms with E-state index in [4.69, 9.17) is 4.74 Å². The standard InChI is InChI=1S/C21H24N4O2/c1-25-12-5-8-16(25)11-13-27-17-9-10-18-19(14-17)23-24-20(18)22-21(26)15-6-3-2-4-7-15/h2-4,6-7,9-10,14,16H,5,8,11-13H2,1H3,(H2,22,23,24,26). The highest BCUT2D eigenvalue weighted by Gasteiger charge is 2.20. The number of carbonyl (C=O) groups is 1. The van der Waals surface area contributed by atoms with Gasteiger partial charge in [0.25, 0.3) is 5.91 Å². The van der Waals surface area contributed by atoms with Gasteiger partial charge in [0, 0.05) is 23.1 Å². The van der Waals surface area contributed by atoms with Crippen LogP contribution in [-0.2, 0) is 0 Å². The van der Waals surface area contributed by atoms with Gasteiger partial charge in [0.2, 0.25) is 0 Å². The van der Waals surface area contributed by atoms with E-state index in [1.54, 1.807) is 12.1 Å². The fourth-order valence-corrected chi connectivity index (χ4v) is 3.61. The Balaban J connectivity index is 1.40. The Morgan fingerprint density at radius 3 is 2.93 bits per heavy atom. The Kier molecular flexibility index (Phi) is 5.07. The van der Waals surface area contributed by atoms with Gasteiger partial charge in [-0.3, -0.25) is 9.89 Å². The van der Waals surface area contributed by atoms with E-state index in [0.717, 1.165) is 23.1 Å². The number of carbonyl (C=O) groups excluding carboxylic acids is 1. The van der Waals surface area contributed by atoms with E-state index in [9.17, 15) is 4.79 Å². The van der Waals surface area contributed by atoms with Gasteiger partial charge in [0.05, 0.1) is 12.1 Å². The second-order valence-corrected chi connectivity index (χ2v) is 7.01. The molecule has 0 saturated carbocycles. The molecular formula is C21H24N4O2. The van der Waals surface area contributed by atoms with Crippen molar-refractivity contribution in [2.75, 3.05) is 25.5 Å². The van der Waals surface area contributed by atoms with Crippen LogP contribution in [0.5, 0.6) is 5.75 Å². The second kappa shape index (κ2) is 7.80. The number of likely N-dealkylation sites (tertiary alicyclic amines) is 1. The lowest BCUT2D eigenvalue weighted by atomic mass is 10.1. The number of hydrogen-bond acceptors (Lipinski definition) is 4. The van der Waals surface area contributed by atoms with Gasteiger partial charge in [-0.25, -0.2) is 0 Å². The maximum absolute atomic E-state index is 12.3. The Hall–Kier alpha value is -2.86. The topological polar surface area (TPSA) is 70.2 Å². The van der Waals surface area contributed by atoms with Gasteiger partial charge in [-0.1, -0.05) is 18.2 Å². The summed E-state index contributed by atoms with van der Waals surface area (Å²) in [6.07, 6.45) is 3.57. The van der Waals surface area contributed by atoms with E-state index in [1.807, 2.05) is 36.4 Å². The average molecular weight is 364 g/mol. The zero-order valence-corrected chi connectivity index (χ0v) is 15.4. The third kappa shape index (κ3) is 3.95. The van der Waals surface area contributed by atoms with Crippen LogP contribution in [0, 0.1) is 0 Å². The molecule has 140 valence electrons. The Labute approximate surface area is 158 Å². The molecule has 0 aliphatic carbocycles. The van der Waals surface area contributed by atoms with Crippen molar-refractivity contribution < 1.29 is 9.53 Å².